The zero-order chi connectivity index (χ0) is 11.0. The van der Waals surface area contributed by atoms with Gasteiger partial charge in [0.1, 0.15) is 5.01 Å². The Labute approximate surface area is 113 Å². The summed E-state index contributed by atoms with van der Waals surface area (Å²) < 4.78 is 0. The van der Waals surface area contributed by atoms with E-state index in [1.54, 1.807) is 11.3 Å². The summed E-state index contributed by atoms with van der Waals surface area (Å²) in [6.07, 6.45) is 10.2. The van der Waals surface area contributed by atoms with Gasteiger partial charge in [-0.1, -0.05) is 25.7 Å². The molecule has 1 heterocycles. The van der Waals surface area contributed by atoms with Crippen LogP contribution in [0.5, 0.6) is 0 Å². The second-order valence-electron chi connectivity index (χ2n) is 5.42. The van der Waals surface area contributed by atoms with Crippen LogP contribution in [0.2, 0.25) is 0 Å². The van der Waals surface area contributed by atoms with E-state index in [4.69, 9.17) is 10.7 Å². The van der Waals surface area contributed by atoms with E-state index in [0.717, 1.165) is 18.8 Å². The molecule has 0 amide bonds. The lowest BCUT2D eigenvalue weighted by Crippen LogP contribution is -2.32. The number of rotatable bonds is 2. The van der Waals surface area contributed by atoms with E-state index < -0.39 is 0 Å². The fourth-order valence-electron chi connectivity index (χ4n) is 3.14. The maximum atomic E-state index is 6.44. The average Bonchev–Trinajstić information content (AvgIpc) is 2.98. The summed E-state index contributed by atoms with van der Waals surface area (Å²) in [5.74, 6) is 0.731. The Morgan fingerprint density at radius 3 is 2.47 bits per heavy atom. The molecule has 2 saturated carbocycles. The van der Waals surface area contributed by atoms with Crippen molar-refractivity contribution in [3.8, 4) is 0 Å². The van der Waals surface area contributed by atoms with Crippen LogP contribution in [0.1, 0.15) is 68.0 Å². The van der Waals surface area contributed by atoms with Crippen molar-refractivity contribution in [3.63, 3.8) is 0 Å². The summed E-state index contributed by atoms with van der Waals surface area (Å²) in [6, 6.07) is 0. The van der Waals surface area contributed by atoms with Gasteiger partial charge in [-0.05, 0) is 25.7 Å². The van der Waals surface area contributed by atoms with Crippen LogP contribution in [0.25, 0.3) is 0 Å². The van der Waals surface area contributed by atoms with Crippen molar-refractivity contribution in [2.75, 3.05) is 0 Å². The molecule has 3 rings (SSSR count). The molecular weight excluding hydrogens is 252 g/mol. The van der Waals surface area contributed by atoms with Gasteiger partial charge in [-0.25, -0.2) is 4.98 Å². The lowest BCUT2D eigenvalue weighted by molar-refractivity contribution is 0.456. The minimum absolute atomic E-state index is 0. The molecule has 0 atom stereocenters. The first-order valence-corrected chi connectivity index (χ1v) is 7.41. The first-order chi connectivity index (χ1) is 7.78. The van der Waals surface area contributed by atoms with Crippen LogP contribution in [-0.4, -0.2) is 4.98 Å². The largest absolute Gasteiger partial charge is 0.319 e. The first-order valence-electron chi connectivity index (χ1n) is 6.53. The Bertz CT molecular complexity index is 365. The van der Waals surface area contributed by atoms with E-state index in [9.17, 15) is 0 Å². The average molecular weight is 273 g/mol. The molecule has 0 bridgehead atoms. The molecule has 2 nitrogen and oxygen atoms in total. The van der Waals surface area contributed by atoms with Crippen LogP contribution >= 0.6 is 23.7 Å². The smallest absolute Gasteiger partial charge is 0.113 e. The van der Waals surface area contributed by atoms with Crippen molar-refractivity contribution in [3.05, 3.63) is 16.1 Å². The Balaban J connectivity index is 0.00000108. The van der Waals surface area contributed by atoms with Gasteiger partial charge in [0, 0.05) is 11.3 Å². The first kappa shape index (κ1) is 13.3. The summed E-state index contributed by atoms with van der Waals surface area (Å²) in [5, 5.41) is 3.46. The van der Waals surface area contributed by atoms with E-state index in [1.807, 2.05) is 0 Å². The lowest BCUT2D eigenvalue weighted by atomic mass is 10.00. The van der Waals surface area contributed by atoms with Gasteiger partial charge in [0.05, 0.1) is 11.2 Å². The molecule has 0 aromatic carbocycles. The van der Waals surface area contributed by atoms with Gasteiger partial charge in [-0.15, -0.1) is 23.7 Å². The Hall–Kier alpha value is -0.120. The number of halogens is 1. The molecule has 0 saturated heterocycles. The highest BCUT2D eigenvalue weighted by atomic mass is 35.5. The second kappa shape index (κ2) is 5.25. The summed E-state index contributed by atoms with van der Waals surface area (Å²) in [7, 11) is 0. The standard InChI is InChI=1S/C13H20N2S.ClH/c14-13(7-3-4-8-13)12-15-11(9-16-12)10-5-1-2-6-10;/h9-10H,1-8,14H2;1H. The molecule has 0 spiro atoms. The number of hydrogen-bond donors (Lipinski definition) is 1. The zero-order valence-corrected chi connectivity index (χ0v) is 11.8. The Morgan fingerprint density at radius 2 is 1.82 bits per heavy atom. The van der Waals surface area contributed by atoms with E-state index in [-0.39, 0.29) is 17.9 Å². The van der Waals surface area contributed by atoms with Gasteiger partial charge >= 0.3 is 0 Å². The molecule has 0 radical (unpaired) electrons. The molecule has 2 N–H and O–H groups in total. The molecule has 0 unspecified atom stereocenters. The minimum atomic E-state index is -0.0818. The van der Waals surface area contributed by atoms with E-state index in [1.165, 1.54) is 49.2 Å². The number of nitrogens with two attached hydrogens (primary N) is 1. The molecule has 2 aliphatic rings. The fraction of sp³-hybridized carbons (Fsp3) is 0.769. The fourth-order valence-corrected chi connectivity index (χ4v) is 4.22. The molecular formula is C13H21ClN2S. The monoisotopic (exact) mass is 272 g/mol. The van der Waals surface area contributed by atoms with Crippen LogP contribution in [-0.2, 0) is 5.54 Å². The molecule has 2 fully saturated rings. The van der Waals surface area contributed by atoms with Crippen LogP contribution in [0, 0.1) is 0 Å². The zero-order valence-electron chi connectivity index (χ0n) is 10.2. The molecule has 17 heavy (non-hydrogen) atoms. The van der Waals surface area contributed by atoms with Gasteiger partial charge in [0.25, 0.3) is 0 Å². The highest BCUT2D eigenvalue weighted by Gasteiger charge is 2.34. The van der Waals surface area contributed by atoms with Crippen molar-refractivity contribution < 1.29 is 0 Å². The molecule has 2 aliphatic carbocycles. The van der Waals surface area contributed by atoms with Crippen molar-refractivity contribution in [1.82, 2.24) is 4.98 Å². The van der Waals surface area contributed by atoms with Crippen molar-refractivity contribution in [2.24, 2.45) is 5.73 Å². The topological polar surface area (TPSA) is 38.9 Å². The van der Waals surface area contributed by atoms with E-state index >= 15 is 0 Å². The molecule has 1 aromatic rings. The summed E-state index contributed by atoms with van der Waals surface area (Å²) in [6.45, 7) is 0. The third-order valence-corrected chi connectivity index (χ3v) is 5.30. The summed E-state index contributed by atoms with van der Waals surface area (Å²) >= 11 is 1.80. The SMILES string of the molecule is Cl.NC1(c2nc(C3CCCC3)cs2)CCCC1. The second-order valence-corrected chi connectivity index (χ2v) is 6.28. The van der Waals surface area contributed by atoms with Gasteiger partial charge in [0.2, 0.25) is 0 Å². The maximum Gasteiger partial charge on any atom is 0.113 e. The highest BCUT2D eigenvalue weighted by molar-refractivity contribution is 7.09. The van der Waals surface area contributed by atoms with Crippen LogP contribution in [0.3, 0.4) is 0 Å². The van der Waals surface area contributed by atoms with Crippen LogP contribution in [0.4, 0.5) is 0 Å². The summed E-state index contributed by atoms with van der Waals surface area (Å²) in [4.78, 5) is 4.84. The third kappa shape index (κ3) is 2.51. The van der Waals surface area contributed by atoms with E-state index in [2.05, 4.69) is 5.38 Å². The highest BCUT2D eigenvalue weighted by Crippen LogP contribution is 2.40. The lowest BCUT2D eigenvalue weighted by Gasteiger charge is -2.20. The third-order valence-electron chi connectivity index (χ3n) is 4.22. The Morgan fingerprint density at radius 1 is 1.18 bits per heavy atom. The number of aromatic nitrogens is 1. The molecule has 4 heteroatoms. The Kier molecular flexibility index (Phi) is 4.11. The van der Waals surface area contributed by atoms with Crippen molar-refractivity contribution in [2.45, 2.75) is 62.8 Å². The quantitative estimate of drug-likeness (QED) is 0.885. The predicted octanol–water partition coefficient (Wildman–Crippen LogP) is 3.95. The minimum Gasteiger partial charge on any atom is -0.319 e. The molecule has 96 valence electrons. The van der Waals surface area contributed by atoms with Crippen LogP contribution < -0.4 is 5.73 Å². The predicted molar refractivity (Wildman–Crippen MR) is 74.9 cm³/mol. The molecule has 0 aliphatic heterocycles. The van der Waals surface area contributed by atoms with Gasteiger partial charge in [-0.3, -0.25) is 0 Å². The van der Waals surface area contributed by atoms with Gasteiger partial charge in [0.15, 0.2) is 0 Å². The maximum absolute atomic E-state index is 6.44. The number of nitrogens with zero attached hydrogens (tertiary/aromatic N) is 1. The van der Waals surface area contributed by atoms with Crippen LogP contribution in [0.15, 0.2) is 5.38 Å². The molecule has 1 aromatic heterocycles. The number of thiazole rings is 1. The van der Waals surface area contributed by atoms with Crippen molar-refractivity contribution >= 4 is 23.7 Å². The summed E-state index contributed by atoms with van der Waals surface area (Å²) in [5.41, 5.74) is 7.69. The van der Waals surface area contributed by atoms with E-state index in [0.29, 0.717) is 0 Å². The number of hydrogen-bond acceptors (Lipinski definition) is 3. The van der Waals surface area contributed by atoms with Crippen molar-refractivity contribution in [1.29, 1.82) is 0 Å². The van der Waals surface area contributed by atoms with Gasteiger partial charge in [-0.2, -0.15) is 0 Å². The normalized spacial score (nSPS) is 23.8. The van der Waals surface area contributed by atoms with Gasteiger partial charge < -0.3 is 5.73 Å².